The van der Waals surface area contributed by atoms with Gasteiger partial charge in [-0.15, -0.1) is 0 Å². The van der Waals surface area contributed by atoms with Gasteiger partial charge in [0, 0.05) is 6.08 Å². The molecule has 1 aromatic carbocycles. The number of hydrogen-bond acceptors (Lipinski definition) is 4. The van der Waals surface area contributed by atoms with Crippen molar-refractivity contribution >= 4 is 24.6 Å². The van der Waals surface area contributed by atoms with E-state index in [1.165, 1.54) is 13.2 Å². The lowest BCUT2D eigenvalue weighted by Crippen LogP contribution is -2.41. The van der Waals surface area contributed by atoms with Gasteiger partial charge in [-0.25, -0.2) is 4.79 Å². The van der Waals surface area contributed by atoms with Crippen molar-refractivity contribution in [3.05, 3.63) is 35.4 Å². The third kappa shape index (κ3) is 3.26. The van der Waals surface area contributed by atoms with Crippen LogP contribution in [-0.2, 0) is 18.8 Å². The van der Waals surface area contributed by atoms with Crippen molar-refractivity contribution in [3.8, 4) is 0 Å². The second kappa shape index (κ2) is 5.90. The molecule has 22 heavy (non-hydrogen) atoms. The minimum Gasteiger partial charge on any atom is -0.466 e. The highest BCUT2D eigenvalue weighted by atomic mass is 16.7. The van der Waals surface area contributed by atoms with Crippen molar-refractivity contribution in [2.24, 2.45) is 0 Å². The fraction of sp³-hybridized carbons (Fsp3) is 0.471. The Morgan fingerprint density at radius 1 is 1.18 bits per heavy atom. The minimum atomic E-state index is -0.372. The molecule has 4 nitrogen and oxygen atoms in total. The van der Waals surface area contributed by atoms with Gasteiger partial charge in [0.25, 0.3) is 0 Å². The third-order valence-electron chi connectivity index (χ3n) is 4.41. The van der Waals surface area contributed by atoms with Gasteiger partial charge < -0.3 is 14.0 Å². The first kappa shape index (κ1) is 16.8. The molecule has 118 valence electrons. The molecule has 0 aromatic heterocycles. The predicted molar refractivity (Wildman–Crippen MR) is 87.9 cm³/mol. The summed E-state index contributed by atoms with van der Waals surface area (Å²) in [4.78, 5) is 11.1. The van der Waals surface area contributed by atoms with Crippen LogP contribution in [0.25, 0.3) is 6.08 Å². The quantitative estimate of drug-likeness (QED) is 0.489. The molecule has 1 aromatic rings. The average Bonchev–Trinajstić information content (AvgIpc) is 2.64. The molecule has 0 saturated carbocycles. The monoisotopic (exact) mass is 302 g/mol. The van der Waals surface area contributed by atoms with E-state index in [1.54, 1.807) is 6.08 Å². The molecule has 0 radical (unpaired) electrons. The maximum atomic E-state index is 11.1. The van der Waals surface area contributed by atoms with Crippen LogP contribution < -0.4 is 5.46 Å². The maximum absolute atomic E-state index is 11.1. The Morgan fingerprint density at radius 3 is 2.27 bits per heavy atom. The molecular formula is C17H23BO4. The SMILES string of the molecule is COC(=O)/C=C/c1ccc(B2OC(C)(C)C(C)(C)O2)c(C)c1. The lowest BCUT2D eigenvalue weighted by molar-refractivity contribution is -0.134. The van der Waals surface area contributed by atoms with Crippen LogP contribution in [0, 0.1) is 6.92 Å². The van der Waals surface area contributed by atoms with Crippen molar-refractivity contribution in [2.75, 3.05) is 7.11 Å². The van der Waals surface area contributed by atoms with Crippen LogP contribution in [0.3, 0.4) is 0 Å². The molecule has 1 aliphatic rings. The fourth-order valence-electron chi connectivity index (χ4n) is 2.27. The van der Waals surface area contributed by atoms with E-state index in [0.717, 1.165) is 16.6 Å². The lowest BCUT2D eigenvalue weighted by Gasteiger charge is -2.32. The van der Waals surface area contributed by atoms with Gasteiger partial charge in [0.05, 0.1) is 18.3 Å². The largest absolute Gasteiger partial charge is 0.495 e. The number of aryl methyl sites for hydroxylation is 1. The van der Waals surface area contributed by atoms with Crippen molar-refractivity contribution in [1.29, 1.82) is 0 Å². The first-order valence-electron chi connectivity index (χ1n) is 7.38. The van der Waals surface area contributed by atoms with Crippen molar-refractivity contribution < 1.29 is 18.8 Å². The maximum Gasteiger partial charge on any atom is 0.495 e. The predicted octanol–water partition coefficient (Wildman–Crippen LogP) is 2.48. The summed E-state index contributed by atoms with van der Waals surface area (Å²) in [6, 6.07) is 5.92. The molecule has 0 spiro atoms. The molecular weight excluding hydrogens is 279 g/mol. The molecule has 2 rings (SSSR count). The molecule has 0 bridgehead atoms. The summed E-state index contributed by atoms with van der Waals surface area (Å²) in [6.45, 7) is 10.2. The fourth-order valence-corrected chi connectivity index (χ4v) is 2.27. The summed E-state index contributed by atoms with van der Waals surface area (Å²) < 4.78 is 16.7. The van der Waals surface area contributed by atoms with Crippen LogP contribution >= 0.6 is 0 Å². The van der Waals surface area contributed by atoms with Gasteiger partial charge in [-0.1, -0.05) is 23.8 Å². The van der Waals surface area contributed by atoms with Crippen LogP contribution in [-0.4, -0.2) is 31.4 Å². The van der Waals surface area contributed by atoms with E-state index in [0.29, 0.717) is 0 Å². The van der Waals surface area contributed by atoms with Crippen LogP contribution in [0.1, 0.15) is 38.8 Å². The van der Waals surface area contributed by atoms with E-state index in [9.17, 15) is 4.79 Å². The topological polar surface area (TPSA) is 44.8 Å². The number of hydrogen-bond donors (Lipinski definition) is 0. The summed E-state index contributed by atoms with van der Waals surface area (Å²) in [5, 5.41) is 0. The number of carbonyl (C=O) groups excluding carboxylic acids is 1. The zero-order chi connectivity index (χ0) is 16.5. The Kier molecular flexibility index (Phi) is 4.50. The van der Waals surface area contributed by atoms with Gasteiger partial charge in [0.1, 0.15) is 0 Å². The van der Waals surface area contributed by atoms with Crippen molar-refractivity contribution in [2.45, 2.75) is 45.8 Å². The molecule has 1 aliphatic heterocycles. The molecule has 1 heterocycles. The highest BCUT2D eigenvalue weighted by Crippen LogP contribution is 2.36. The number of rotatable bonds is 3. The standard InChI is InChI=1S/C17H23BO4/c1-12-11-13(8-10-15(19)20-6)7-9-14(12)18-21-16(2,3)17(4,5)22-18/h7-11H,1-6H3/b10-8+. The van der Waals surface area contributed by atoms with Gasteiger partial charge in [-0.3, -0.25) is 0 Å². The molecule has 5 heteroatoms. The van der Waals surface area contributed by atoms with Gasteiger partial charge in [-0.2, -0.15) is 0 Å². The number of carbonyl (C=O) groups is 1. The number of ether oxygens (including phenoxy) is 1. The van der Waals surface area contributed by atoms with Gasteiger partial charge in [0.15, 0.2) is 0 Å². The number of benzene rings is 1. The van der Waals surface area contributed by atoms with E-state index < -0.39 is 0 Å². The van der Waals surface area contributed by atoms with E-state index >= 15 is 0 Å². The van der Waals surface area contributed by atoms with Gasteiger partial charge in [-0.05, 0) is 51.7 Å². The van der Waals surface area contributed by atoms with E-state index in [1.807, 2.05) is 52.8 Å². The van der Waals surface area contributed by atoms with Crippen LogP contribution in [0.4, 0.5) is 0 Å². The summed E-state index contributed by atoms with van der Waals surface area (Å²) in [7, 11) is 0.989. The minimum absolute atomic E-state index is 0.354. The van der Waals surface area contributed by atoms with E-state index in [-0.39, 0.29) is 24.3 Å². The van der Waals surface area contributed by atoms with Gasteiger partial charge in [0.2, 0.25) is 0 Å². The Hall–Kier alpha value is -1.59. The average molecular weight is 302 g/mol. The summed E-state index contributed by atoms with van der Waals surface area (Å²) in [5.41, 5.74) is 2.30. The smallest absolute Gasteiger partial charge is 0.466 e. The zero-order valence-corrected chi connectivity index (χ0v) is 14.1. The normalized spacial score (nSPS) is 19.6. The van der Waals surface area contributed by atoms with Crippen molar-refractivity contribution in [1.82, 2.24) is 0 Å². The lowest BCUT2D eigenvalue weighted by atomic mass is 9.76. The molecule has 0 amide bonds. The number of esters is 1. The first-order chi connectivity index (χ1) is 10.2. The Morgan fingerprint density at radius 2 is 1.77 bits per heavy atom. The Bertz CT molecular complexity index is 589. The summed E-state index contributed by atoms with van der Waals surface area (Å²) in [6.07, 6.45) is 3.14. The molecule has 1 fully saturated rings. The molecule has 0 N–H and O–H groups in total. The number of methoxy groups -OCH3 is 1. The first-order valence-corrected chi connectivity index (χ1v) is 7.38. The molecule has 0 unspecified atom stereocenters. The van der Waals surface area contributed by atoms with E-state index in [4.69, 9.17) is 9.31 Å². The Labute approximate surface area is 132 Å². The second-order valence-electron chi connectivity index (χ2n) is 6.56. The van der Waals surface area contributed by atoms with E-state index in [2.05, 4.69) is 4.74 Å². The van der Waals surface area contributed by atoms with Gasteiger partial charge >= 0.3 is 13.1 Å². The summed E-state index contributed by atoms with van der Waals surface area (Å²) in [5.74, 6) is -0.368. The van der Waals surface area contributed by atoms with Crippen LogP contribution in [0.5, 0.6) is 0 Å². The molecule has 0 atom stereocenters. The zero-order valence-electron chi connectivity index (χ0n) is 14.1. The Balaban J connectivity index is 2.21. The van der Waals surface area contributed by atoms with Crippen LogP contribution in [0.15, 0.2) is 24.3 Å². The highest BCUT2D eigenvalue weighted by Gasteiger charge is 2.51. The molecule has 0 aliphatic carbocycles. The molecule has 1 saturated heterocycles. The summed E-state index contributed by atoms with van der Waals surface area (Å²) >= 11 is 0. The third-order valence-corrected chi connectivity index (χ3v) is 4.41. The van der Waals surface area contributed by atoms with Crippen molar-refractivity contribution in [3.63, 3.8) is 0 Å². The second-order valence-corrected chi connectivity index (χ2v) is 6.56. The van der Waals surface area contributed by atoms with Crippen LogP contribution in [0.2, 0.25) is 0 Å². The highest BCUT2D eigenvalue weighted by molar-refractivity contribution is 6.62.